The molecule has 0 fully saturated rings. The summed E-state index contributed by atoms with van der Waals surface area (Å²) in [6, 6.07) is 16.2. The van der Waals surface area contributed by atoms with Crippen molar-refractivity contribution in [3.05, 3.63) is 60.3 Å². The number of carbonyl (C=O) groups is 1. The number of aliphatic carboxylic acids is 1. The number of nitrogens with zero attached hydrogens (tertiary/aromatic N) is 3. The molecule has 0 atom stereocenters. The minimum Gasteiger partial charge on any atom is -0.480 e. The van der Waals surface area contributed by atoms with Crippen molar-refractivity contribution >= 4 is 16.9 Å². The minimum absolute atomic E-state index is 0.0857. The summed E-state index contributed by atoms with van der Waals surface area (Å²) in [5.41, 5.74) is 3.82. The Morgan fingerprint density at radius 1 is 1.17 bits per heavy atom. The van der Waals surface area contributed by atoms with Crippen molar-refractivity contribution in [1.82, 2.24) is 20.0 Å². The summed E-state index contributed by atoms with van der Waals surface area (Å²) in [4.78, 5) is 15.2. The van der Waals surface area contributed by atoms with Gasteiger partial charge in [-0.25, -0.2) is 0 Å². The second kappa shape index (κ2) is 7.89. The molecule has 148 valence electrons. The van der Waals surface area contributed by atoms with Crippen LogP contribution in [0.5, 0.6) is 0 Å². The molecule has 0 radical (unpaired) electrons. The highest BCUT2D eigenvalue weighted by atomic mass is 16.5. The van der Waals surface area contributed by atoms with Crippen LogP contribution in [0.1, 0.15) is 25.5 Å². The molecule has 0 saturated carbocycles. The molecule has 29 heavy (non-hydrogen) atoms. The van der Waals surface area contributed by atoms with Crippen molar-refractivity contribution in [3.8, 4) is 22.8 Å². The molecule has 4 rings (SSSR count). The first-order valence-electron chi connectivity index (χ1n) is 9.48. The molecule has 2 heterocycles. The molecule has 0 unspecified atom stereocenters. The monoisotopic (exact) mass is 390 g/mol. The average Bonchev–Trinajstić information content (AvgIpc) is 3.35. The summed E-state index contributed by atoms with van der Waals surface area (Å²) in [6.45, 7) is 4.68. The van der Waals surface area contributed by atoms with Gasteiger partial charge in [0.1, 0.15) is 0 Å². The SMILES string of the molecule is CC(C)n1ccc2cc(-c3nc(-c4cccc(CNCC(=O)O)c4)no3)ccc21. The maximum absolute atomic E-state index is 10.6. The molecule has 7 nitrogen and oxygen atoms in total. The van der Waals surface area contributed by atoms with E-state index in [0.717, 1.165) is 22.1 Å². The highest BCUT2D eigenvalue weighted by Gasteiger charge is 2.13. The van der Waals surface area contributed by atoms with E-state index in [2.05, 4.69) is 58.3 Å². The molecule has 4 aromatic rings. The lowest BCUT2D eigenvalue weighted by Crippen LogP contribution is -2.21. The number of fused-ring (bicyclic) bond motifs is 1. The van der Waals surface area contributed by atoms with Crippen LogP contribution in [-0.2, 0) is 11.3 Å². The van der Waals surface area contributed by atoms with E-state index in [1.807, 2.05) is 30.3 Å². The first kappa shape index (κ1) is 18.9. The fourth-order valence-corrected chi connectivity index (χ4v) is 3.34. The van der Waals surface area contributed by atoms with Crippen LogP contribution in [0.4, 0.5) is 0 Å². The molecule has 0 aliphatic carbocycles. The Morgan fingerprint density at radius 3 is 2.83 bits per heavy atom. The number of benzene rings is 2. The number of nitrogens with one attached hydrogen (secondary N) is 1. The average molecular weight is 390 g/mol. The zero-order chi connectivity index (χ0) is 20.4. The molecular weight excluding hydrogens is 368 g/mol. The lowest BCUT2D eigenvalue weighted by atomic mass is 10.1. The van der Waals surface area contributed by atoms with Crippen molar-refractivity contribution in [1.29, 1.82) is 0 Å². The van der Waals surface area contributed by atoms with E-state index in [0.29, 0.717) is 24.3 Å². The number of carboxylic acids is 1. The van der Waals surface area contributed by atoms with Crippen molar-refractivity contribution in [3.63, 3.8) is 0 Å². The molecule has 0 saturated heterocycles. The van der Waals surface area contributed by atoms with Gasteiger partial charge in [-0.3, -0.25) is 4.79 Å². The quantitative estimate of drug-likeness (QED) is 0.493. The normalized spacial score (nSPS) is 11.4. The summed E-state index contributed by atoms with van der Waals surface area (Å²) < 4.78 is 7.72. The second-order valence-corrected chi connectivity index (χ2v) is 7.21. The van der Waals surface area contributed by atoms with Gasteiger partial charge in [-0.05, 0) is 49.7 Å². The van der Waals surface area contributed by atoms with Gasteiger partial charge in [0, 0.05) is 40.8 Å². The third-order valence-corrected chi connectivity index (χ3v) is 4.74. The molecular formula is C22H22N4O3. The van der Waals surface area contributed by atoms with Gasteiger partial charge in [0.25, 0.3) is 5.89 Å². The Balaban J connectivity index is 1.57. The molecule has 0 spiro atoms. The molecule has 2 N–H and O–H groups in total. The van der Waals surface area contributed by atoms with Crippen molar-refractivity contribution in [2.75, 3.05) is 6.54 Å². The Kier molecular flexibility index (Phi) is 5.14. The summed E-state index contributed by atoms with van der Waals surface area (Å²) >= 11 is 0. The topological polar surface area (TPSA) is 93.2 Å². The van der Waals surface area contributed by atoms with Crippen LogP contribution in [0.2, 0.25) is 0 Å². The smallest absolute Gasteiger partial charge is 0.317 e. The number of hydrogen-bond acceptors (Lipinski definition) is 5. The van der Waals surface area contributed by atoms with Crippen LogP contribution < -0.4 is 5.32 Å². The van der Waals surface area contributed by atoms with E-state index < -0.39 is 5.97 Å². The van der Waals surface area contributed by atoms with Gasteiger partial charge in [0.2, 0.25) is 5.82 Å². The minimum atomic E-state index is -0.885. The largest absolute Gasteiger partial charge is 0.480 e. The lowest BCUT2D eigenvalue weighted by Gasteiger charge is -2.09. The van der Waals surface area contributed by atoms with Gasteiger partial charge in [-0.2, -0.15) is 4.98 Å². The summed E-state index contributed by atoms with van der Waals surface area (Å²) in [5.74, 6) is 0.0817. The van der Waals surface area contributed by atoms with Gasteiger partial charge in [0.05, 0.1) is 6.54 Å². The fourth-order valence-electron chi connectivity index (χ4n) is 3.34. The van der Waals surface area contributed by atoms with Gasteiger partial charge >= 0.3 is 5.97 Å². The van der Waals surface area contributed by atoms with E-state index >= 15 is 0 Å². The summed E-state index contributed by atoms with van der Waals surface area (Å²) in [7, 11) is 0. The maximum atomic E-state index is 10.6. The van der Waals surface area contributed by atoms with Gasteiger partial charge in [-0.1, -0.05) is 23.4 Å². The molecule has 0 aliphatic heterocycles. The zero-order valence-corrected chi connectivity index (χ0v) is 16.3. The molecule has 0 aliphatic rings. The molecule has 7 heteroatoms. The predicted molar refractivity (Wildman–Crippen MR) is 110 cm³/mol. The third kappa shape index (κ3) is 4.05. The van der Waals surface area contributed by atoms with E-state index in [1.54, 1.807) is 0 Å². The third-order valence-electron chi connectivity index (χ3n) is 4.74. The highest BCUT2D eigenvalue weighted by Crippen LogP contribution is 2.27. The highest BCUT2D eigenvalue weighted by molar-refractivity contribution is 5.84. The first-order valence-corrected chi connectivity index (χ1v) is 9.48. The van der Waals surface area contributed by atoms with E-state index in [9.17, 15) is 4.79 Å². The van der Waals surface area contributed by atoms with Crippen LogP contribution in [0.3, 0.4) is 0 Å². The number of hydrogen-bond donors (Lipinski definition) is 2. The van der Waals surface area contributed by atoms with Crippen molar-refractivity contribution < 1.29 is 14.4 Å². The lowest BCUT2D eigenvalue weighted by molar-refractivity contribution is -0.135. The molecule has 2 aromatic carbocycles. The van der Waals surface area contributed by atoms with Crippen LogP contribution in [0, 0.1) is 0 Å². The van der Waals surface area contributed by atoms with Crippen LogP contribution in [0.15, 0.2) is 59.3 Å². The Morgan fingerprint density at radius 2 is 2.03 bits per heavy atom. The number of aromatic nitrogens is 3. The van der Waals surface area contributed by atoms with Crippen molar-refractivity contribution in [2.24, 2.45) is 0 Å². The fraction of sp³-hybridized carbons (Fsp3) is 0.227. The standard InChI is InChI=1S/C22H22N4O3/c1-14(2)26-9-8-16-11-18(6-7-19(16)26)22-24-21(25-29-22)17-5-3-4-15(10-17)12-23-13-20(27)28/h3-11,14,23H,12-13H2,1-2H3,(H,27,28). The number of rotatable bonds is 7. The molecule has 2 aromatic heterocycles. The van der Waals surface area contributed by atoms with Crippen LogP contribution in [0.25, 0.3) is 33.7 Å². The van der Waals surface area contributed by atoms with Crippen LogP contribution >= 0.6 is 0 Å². The molecule has 0 bridgehead atoms. The summed E-state index contributed by atoms with van der Waals surface area (Å²) in [6.07, 6.45) is 2.09. The first-order chi connectivity index (χ1) is 14.0. The number of carboxylic acid groups (broad SMARTS) is 1. The second-order valence-electron chi connectivity index (χ2n) is 7.21. The zero-order valence-electron chi connectivity index (χ0n) is 16.3. The Hall–Kier alpha value is -3.45. The van der Waals surface area contributed by atoms with Crippen LogP contribution in [-0.4, -0.2) is 32.3 Å². The molecule has 0 amide bonds. The van der Waals surface area contributed by atoms with Gasteiger partial charge in [-0.15, -0.1) is 0 Å². The Labute approximate surface area is 168 Å². The van der Waals surface area contributed by atoms with Gasteiger partial charge < -0.3 is 19.5 Å². The van der Waals surface area contributed by atoms with Gasteiger partial charge in [0.15, 0.2) is 0 Å². The van der Waals surface area contributed by atoms with E-state index in [1.165, 1.54) is 5.52 Å². The van der Waals surface area contributed by atoms with Crippen molar-refractivity contribution in [2.45, 2.75) is 26.4 Å². The van der Waals surface area contributed by atoms with E-state index in [-0.39, 0.29) is 6.54 Å². The van der Waals surface area contributed by atoms with E-state index in [4.69, 9.17) is 9.63 Å². The maximum Gasteiger partial charge on any atom is 0.317 e. The summed E-state index contributed by atoms with van der Waals surface area (Å²) in [5, 5.41) is 16.9. The Bertz CT molecular complexity index is 1160. The predicted octanol–water partition coefficient (Wildman–Crippen LogP) is 4.11.